The average molecular weight is 598 g/mol. The average Bonchev–Trinajstić information content (AvgIpc) is 3.47. The number of rotatable bonds is 11. The summed E-state index contributed by atoms with van der Waals surface area (Å²) in [6, 6.07) is 13.5. The van der Waals surface area contributed by atoms with Crippen LogP contribution in [0.25, 0.3) is 0 Å². The summed E-state index contributed by atoms with van der Waals surface area (Å²) in [7, 11) is 0. The highest BCUT2D eigenvalue weighted by Crippen LogP contribution is 2.26. The van der Waals surface area contributed by atoms with Crippen molar-refractivity contribution in [3.8, 4) is 5.75 Å². The normalized spacial score (nSPS) is 15.8. The lowest BCUT2D eigenvalue weighted by Gasteiger charge is -2.30. The number of carbonyl (C=O) groups excluding carboxylic acids is 1. The van der Waals surface area contributed by atoms with E-state index in [4.69, 9.17) is 14.1 Å². The smallest absolute Gasteiger partial charge is 0.251 e. The van der Waals surface area contributed by atoms with Crippen LogP contribution in [-0.4, -0.2) is 69.7 Å². The highest BCUT2D eigenvalue weighted by Gasteiger charge is 2.21. The van der Waals surface area contributed by atoms with Gasteiger partial charge in [-0.25, -0.2) is 9.97 Å². The van der Waals surface area contributed by atoms with Crippen molar-refractivity contribution < 1.29 is 19.1 Å². The van der Waals surface area contributed by atoms with E-state index in [9.17, 15) is 9.90 Å². The van der Waals surface area contributed by atoms with Crippen molar-refractivity contribution in [3.63, 3.8) is 0 Å². The number of hydrogen-bond acceptors (Lipinski definition) is 10. The molecule has 0 radical (unpaired) electrons. The van der Waals surface area contributed by atoms with Gasteiger partial charge in [-0.05, 0) is 80.1 Å². The maximum Gasteiger partial charge on any atom is 0.251 e. The van der Waals surface area contributed by atoms with Gasteiger partial charge in [0.2, 0.25) is 0 Å². The monoisotopic (exact) mass is 597 g/mol. The Bertz CT molecular complexity index is 1550. The molecule has 3 N–H and O–H groups in total. The number of ether oxygens (including phenoxy) is 1. The van der Waals surface area contributed by atoms with E-state index in [1.54, 1.807) is 18.5 Å². The number of piperidine rings is 1. The summed E-state index contributed by atoms with van der Waals surface area (Å²) in [5.41, 5.74) is 4.59. The minimum atomic E-state index is -0.704. The molecule has 11 heteroatoms. The van der Waals surface area contributed by atoms with Crippen molar-refractivity contribution in [3.05, 3.63) is 89.4 Å². The lowest BCUT2D eigenvalue weighted by molar-refractivity contribution is 0.0841. The van der Waals surface area contributed by atoms with Crippen molar-refractivity contribution in [2.45, 2.75) is 51.9 Å². The Morgan fingerprint density at radius 1 is 1.11 bits per heavy atom. The molecule has 1 amide bonds. The van der Waals surface area contributed by atoms with Crippen LogP contribution in [-0.2, 0) is 19.6 Å². The molecule has 6 rings (SSSR count). The Labute approximate surface area is 257 Å². The third-order valence-corrected chi connectivity index (χ3v) is 8.14. The molecule has 0 aliphatic carbocycles. The first-order chi connectivity index (χ1) is 21.5. The number of carbonyl (C=O) groups is 1. The SMILES string of the molecule is Cc1ncoc1COc1ccc2c(c1)CCN(CC(O)CNC(=O)c1cc(Nc3cccnc3)nc(N3CCCCC3)c1)C2. The van der Waals surface area contributed by atoms with Crippen LogP contribution in [0.2, 0.25) is 0 Å². The molecular formula is C33H39N7O4. The zero-order valence-electron chi connectivity index (χ0n) is 25.0. The molecule has 4 aromatic rings. The van der Waals surface area contributed by atoms with Gasteiger partial charge in [0.15, 0.2) is 12.2 Å². The number of nitrogens with zero attached hydrogens (tertiary/aromatic N) is 5. The van der Waals surface area contributed by atoms with Crippen LogP contribution < -0.4 is 20.3 Å². The molecule has 3 aromatic heterocycles. The van der Waals surface area contributed by atoms with Gasteiger partial charge in [0.1, 0.15) is 24.0 Å². The second kappa shape index (κ2) is 13.9. The van der Waals surface area contributed by atoms with Crippen LogP contribution in [0, 0.1) is 6.92 Å². The fraction of sp³-hybridized carbons (Fsp3) is 0.394. The predicted octanol–water partition coefficient (Wildman–Crippen LogP) is 4.23. The van der Waals surface area contributed by atoms with Gasteiger partial charge in [-0.3, -0.25) is 14.7 Å². The van der Waals surface area contributed by atoms with Gasteiger partial charge in [-0.2, -0.15) is 0 Å². The Kier molecular flexibility index (Phi) is 9.33. The summed E-state index contributed by atoms with van der Waals surface area (Å²) in [5, 5.41) is 17.1. The van der Waals surface area contributed by atoms with Crippen molar-refractivity contribution in [2.75, 3.05) is 42.9 Å². The maximum atomic E-state index is 13.3. The van der Waals surface area contributed by atoms with E-state index in [0.717, 1.165) is 74.2 Å². The van der Waals surface area contributed by atoms with Crippen LogP contribution in [0.4, 0.5) is 17.3 Å². The largest absolute Gasteiger partial charge is 0.486 e. The number of β-amino-alcohol motifs (C(OH)–C–C–N with tert-alkyl or cyclic N) is 1. The van der Waals surface area contributed by atoms with Crippen molar-refractivity contribution in [1.29, 1.82) is 0 Å². The fourth-order valence-electron chi connectivity index (χ4n) is 5.70. The molecule has 5 heterocycles. The molecule has 1 fully saturated rings. The van der Waals surface area contributed by atoms with Gasteiger partial charge < -0.3 is 29.8 Å². The van der Waals surface area contributed by atoms with E-state index in [2.05, 4.69) is 42.5 Å². The maximum absolute atomic E-state index is 13.3. The van der Waals surface area contributed by atoms with Gasteiger partial charge in [0.05, 0.1) is 23.7 Å². The van der Waals surface area contributed by atoms with E-state index in [-0.39, 0.29) is 12.5 Å². The molecule has 11 nitrogen and oxygen atoms in total. The van der Waals surface area contributed by atoms with E-state index in [1.807, 2.05) is 31.2 Å². The molecule has 0 bridgehead atoms. The number of benzene rings is 1. The number of amides is 1. The van der Waals surface area contributed by atoms with Crippen LogP contribution in [0.5, 0.6) is 5.75 Å². The summed E-state index contributed by atoms with van der Waals surface area (Å²) >= 11 is 0. The summed E-state index contributed by atoms with van der Waals surface area (Å²) < 4.78 is 11.3. The molecule has 1 aromatic carbocycles. The number of aliphatic hydroxyl groups excluding tert-OH is 1. The number of aliphatic hydroxyl groups is 1. The number of hydrogen-bond donors (Lipinski definition) is 3. The van der Waals surface area contributed by atoms with Gasteiger partial charge in [-0.1, -0.05) is 6.07 Å². The number of aromatic nitrogens is 3. The van der Waals surface area contributed by atoms with Gasteiger partial charge >= 0.3 is 0 Å². The number of fused-ring (bicyclic) bond motifs is 1. The van der Waals surface area contributed by atoms with Crippen LogP contribution in [0.15, 0.2) is 65.7 Å². The van der Waals surface area contributed by atoms with Gasteiger partial charge in [-0.15, -0.1) is 0 Å². The van der Waals surface area contributed by atoms with Crippen molar-refractivity contribution in [2.24, 2.45) is 0 Å². The molecular weight excluding hydrogens is 558 g/mol. The van der Waals surface area contributed by atoms with E-state index < -0.39 is 6.10 Å². The van der Waals surface area contributed by atoms with E-state index in [1.165, 1.54) is 23.9 Å². The third kappa shape index (κ3) is 7.53. The van der Waals surface area contributed by atoms with Crippen LogP contribution in [0.1, 0.15) is 52.2 Å². The lowest BCUT2D eigenvalue weighted by atomic mass is 9.99. The second-order valence-corrected chi connectivity index (χ2v) is 11.4. The first-order valence-electron chi connectivity index (χ1n) is 15.3. The zero-order chi connectivity index (χ0) is 30.3. The zero-order valence-corrected chi connectivity index (χ0v) is 25.0. The molecule has 0 saturated carbocycles. The number of nitrogens with one attached hydrogen (secondary N) is 2. The first-order valence-corrected chi connectivity index (χ1v) is 15.3. The second-order valence-electron chi connectivity index (χ2n) is 11.4. The quantitative estimate of drug-likeness (QED) is 0.231. The third-order valence-electron chi connectivity index (χ3n) is 8.14. The standard InChI is InChI=1S/C33H39N7O4/c1-23-30(44-22-36-23)21-43-29-8-7-25-19-39(13-9-24(25)14-29)20-28(41)18-35-33(42)26-15-31(37-27-6-5-10-34-17-27)38-32(16-26)40-11-3-2-4-12-40/h5-8,10,14-17,22,28,41H,2-4,9,11-13,18-21H2,1H3,(H,35,42)(H,37,38). The highest BCUT2D eigenvalue weighted by molar-refractivity contribution is 5.96. The summed E-state index contributed by atoms with van der Waals surface area (Å²) in [6.45, 7) is 6.24. The summed E-state index contributed by atoms with van der Waals surface area (Å²) in [4.78, 5) is 30.8. The van der Waals surface area contributed by atoms with Crippen molar-refractivity contribution in [1.82, 2.24) is 25.2 Å². The Morgan fingerprint density at radius 3 is 2.80 bits per heavy atom. The molecule has 230 valence electrons. The highest BCUT2D eigenvalue weighted by atomic mass is 16.5. The molecule has 2 aliphatic heterocycles. The summed E-state index contributed by atoms with van der Waals surface area (Å²) in [5.74, 6) is 2.64. The molecule has 0 spiro atoms. The number of aryl methyl sites for hydroxylation is 1. The number of pyridine rings is 2. The summed E-state index contributed by atoms with van der Waals surface area (Å²) in [6.07, 6.45) is 8.43. The number of oxazole rings is 1. The Hall–Kier alpha value is -4.48. The topological polar surface area (TPSA) is 129 Å². The molecule has 44 heavy (non-hydrogen) atoms. The first kappa shape index (κ1) is 29.6. The molecule has 1 unspecified atom stereocenters. The van der Waals surface area contributed by atoms with Gasteiger partial charge in [0, 0.05) is 51.0 Å². The molecule has 2 aliphatic rings. The fourth-order valence-corrected chi connectivity index (χ4v) is 5.70. The lowest BCUT2D eigenvalue weighted by Crippen LogP contribution is -2.42. The Balaban J connectivity index is 1.03. The van der Waals surface area contributed by atoms with Crippen LogP contribution in [0.3, 0.4) is 0 Å². The van der Waals surface area contributed by atoms with E-state index >= 15 is 0 Å². The molecule has 1 atom stereocenters. The van der Waals surface area contributed by atoms with Crippen molar-refractivity contribution >= 4 is 23.2 Å². The minimum Gasteiger partial charge on any atom is -0.486 e. The minimum absolute atomic E-state index is 0.156. The van der Waals surface area contributed by atoms with Crippen LogP contribution >= 0.6 is 0 Å². The predicted molar refractivity (Wildman–Crippen MR) is 167 cm³/mol. The molecule has 1 saturated heterocycles. The van der Waals surface area contributed by atoms with Gasteiger partial charge in [0.25, 0.3) is 5.91 Å². The Morgan fingerprint density at radius 2 is 2.00 bits per heavy atom. The number of anilines is 3. The van der Waals surface area contributed by atoms with E-state index in [0.29, 0.717) is 24.5 Å².